The minimum Gasteiger partial charge on any atom is -0.368 e. The van der Waals surface area contributed by atoms with Gasteiger partial charge in [0.25, 0.3) is 0 Å². The standard InChI is InChI=1S/C14H31N3O/c1-6-12(4)17(8-3)11-9-10-14(5,13(15)18)16-7-2/h12,16H,6-11H2,1-5H3,(H2,15,18). The van der Waals surface area contributed by atoms with Crippen molar-refractivity contribution in [2.45, 2.75) is 65.5 Å². The second-order valence-corrected chi connectivity index (χ2v) is 5.22. The van der Waals surface area contributed by atoms with E-state index in [2.05, 4.69) is 31.0 Å². The third-order valence-electron chi connectivity index (χ3n) is 3.85. The second kappa shape index (κ2) is 8.48. The lowest BCUT2D eigenvalue weighted by molar-refractivity contribution is -0.124. The Bertz CT molecular complexity index is 245. The Balaban J connectivity index is 4.24. The molecule has 0 bridgehead atoms. The first-order valence-corrected chi connectivity index (χ1v) is 7.20. The monoisotopic (exact) mass is 257 g/mol. The van der Waals surface area contributed by atoms with Gasteiger partial charge in [-0.2, -0.15) is 0 Å². The maximum atomic E-state index is 11.5. The molecule has 4 nitrogen and oxygen atoms in total. The number of hydrogen-bond acceptors (Lipinski definition) is 3. The van der Waals surface area contributed by atoms with Crippen LogP contribution in [-0.4, -0.2) is 42.0 Å². The van der Waals surface area contributed by atoms with Gasteiger partial charge >= 0.3 is 0 Å². The van der Waals surface area contributed by atoms with Gasteiger partial charge in [0.2, 0.25) is 5.91 Å². The van der Waals surface area contributed by atoms with Crippen LogP contribution >= 0.6 is 0 Å². The van der Waals surface area contributed by atoms with Crippen LogP contribution in [0.25, 0.3) is 0 Å². The summed E-state index contributed by atoms with van der Waals surface area (Å²) in [6, 6.07) is 0.606. The summed E-state index contributed by atoms with van der Waals surface area (Å²) in [5, 5.41) is 3.20. The molecule has 1 amide bonds. The molecule has 4 heteroatoms. The van der Waals surface area contributed by atoms with Crippen molar-refractivity contribution >= 4 is 5.91 Å². The largest absolute Gasteiger partial charge is 0.368 e. The first kappa shape index (κ1) is 17.4. The second-order valence-electron chi connectivity index (χ2n) is 5.22. The number of nitrogens with two attached hydrogens (primary N) is 1. The fraction of sp³-hybridized carbons (Fsp3) is 0.929. The van der Waals surface area contributed by atoms with Crippen LogP contribution in [-0.2, 0) is 4.79 Å². The van der Waals surface area contributed by atoms with E-state index in [1.165, 1.54) is 0 Å². The van der Waals surface area contributed by atoms with E-state index in [1.54, 1.807) is 0 Å². The number of nitrogens with zero attached hydrogens (tertiary/aromatic N) is 1. The maximum absolute atomic E-state index is 11.5. The molecular weight excluding hydrogens is 226 g/mol. The Hall–Kier alpha value is -0.610. The third-order valence-corrected chi connectivity index (χ3v) is 3.85. The normalized spacial score (nSPS) is 16.6. The van der Waals surface area contributed by atoms with Gasteiger partial charge in [-0.25, -0.2) is 0 Å². The van der Waals surface area contributed by atoms with Crippen LogP contribution in [0, 0.1) is 0 Å². The molecule has 0 spiro atoms. The Kier molecular flexibility index (Phi) is 8.20. The topological polar surface area (TPSA) is 58.4 Å². The molecule has 0 fully saturated rings. The van der Waals surface area contributed by atoms with Crippen LogP contribution in [0.3, 0.4) is 0 Å². The van der Waals surface area contributed by atoms with Crippen molar-refractivity contribution in [1.82, 2.24) is 10.2 Å². The maximum Gasteiger partial charge on any atom is 0.237 e. The Morgan fingerprint density at radius 2 is 2.00 bits per heavy atom. The summed E-state index contributed by atoms with van der Waals surface area (Å²) in [7, 11) is 0. The van der Waals surface area contributed by atoms with E-state index in [-0.39, 0.29) is 5.91 Å². The van der Waals surface area contributed by atoms with Gasteiger partial charge in [0, 0.05) is 6.04 Å². The van der Waals surface area contributed by atoms with Crippen LogP contribution < -0.4 is 11.1 Å². The SMILES string of the molecule is CCNC(C)(CCCN(CC)C(C)CC)C(N)=O. The van der Waals surface area contributed by atoms with E-state index in [4.69, 9.17) is 5.73 Å². The number of amides is 1. The van der Waals surface area contributed by atoms with Crippen molar-refractivity contribution in [3.05, 3.63) is 0 Å². The molecular formula is C14H31N3O. The lowest BCUT2D eigenvalue weighted by Crippen LogP contribution is -2.53. The van der Waals surface area contributed by atoms with Gasteiger partial charge in [-0.3, -0.25) is 4.79 Å². The van der Waals surface area contributed by atoms with Gasteiger partial charge in [-0.15, -0.1) is 0 Å². The lowest BCUT2D eigenvalue weighted by Gasteiger charge is -2.30. The van der Waals surface area contributed by atoms with Crippen molar-refractivity contribution in [3.8, 4) is 0 Å². The van der Waals surface area contributed by atoms with Crippen molar-refractivity contribution in [1.29, 1.82) is 0 Å². The molecule has 108 valence electrons. The average Bonchev–Trinajstić information content (AvgIpc) is 2.34. The zero-order chi connectivity index (χ0) is 14.2. The van der Waals surface area contributed by atoms with Crippen molar-refractivity contribution in [2.24, 2.45) is 5.73 Å². The highest BCUT2D eigenvalue weighted by atomic mass is 16.1. The molecule has 0 aliphatic carbocycles. The molecule has 0 radical (unpaired) electrons. The average molecular weight is 257 g/mol. The van der Waals surface area contributed by atoms with Crippen LogP contribution in [0.2, 0.25) is 0 Å². The van der Waals surface area contributed by atoms with E-state index >= 15 is 0 Å². The van der Waals surface area contributed by atoms with Crippen LogP contribution in [0.4, 0.5) is 0 Å². The van der Waals surface area contributed by atoms with Gasteiger partial charge in [0.1, 0.15) is 0 Å². The van der Waals surface area contributed by atoms with E-state index in [0.29, 0.717) is 6.04 Å². The third kappa shape index (κ3) is 5.36. The minimum atomic E-state index is -0.566. The van der Waals surface area contributed by atoms with Gasteiger partial charge in [0.15, 0.2) is 0 Å². The molecule has 0 aliphatic heterocycles. The van der Waals surface area contributed by atoms with Crippen molar-refractivity contribution < 1.29 is 4.79 Å². The number of carbonyl (C=O) groups excluding carboxylic acids is 1. The molecule has 0 aliphatic rings. The lowest BCUT2D eigenvalue weighted by atomic mass is 9.94. The molecule has 2 unspecified atom stereocenters. The molecule has 3 N–H and O–H groups in total. The minimum absolute atomic E-state index is 0.254. The number of likely N-dealkylation sites (N-methyl/N-ethyl adjacent to an activating group) is 1. The Labute approximate surface area is 112 Å². The zero-order valence-electron chi connectivity index (χ0n) is 12.8. The molecule has 0 aromatic carbocycles. The molecule has 0 aromatic heterocycles. The summed E-state index contributed by atoms with van der Waals surface area (Å²) >= 11 is 0. The summed E-state index contributed by atoms with van der Waals surface area (Å²) in [5.41, 5.74) is 4.91. The molecule has 2 atom stereocenters. The van der Waals surface area contributed by atoms with Gasteiger partial charge < -0.3 is 16.0 Å². The predicted octanol–water partition coefficient (Wildman–Crippen LogP) is 1.74. The fourth-order valence-corrected chi connectivity index (χ4v) is 2.27. The molecule has 0 saturated heterocycles. The molecule has 0 aromatic rings. The molecule has 0 rings (SSSR count). The Morgan fingerprint density at radius 1 is 1.39 bits per heavy atom. The number of hydrogen-bond donors (Lipinski definition) is 2. The first-order valence-electron chi connectivity index (χ1n) is 7.20. The van der Waals surface area contributed by atoms with Crippen molar-refractivity contribution in [3.63, 3.8) is 0 Å². The molecule has 0 saturated carbocycles. The van der Waals surface area contributed by atoms with Gasteiger partial charge in [0.05, 0.1) is 5.54 Å². The van der Waals surface area contributed by atoms with E-state index in [0.717, 1.165) is 38.9 Å². The summed E-state index contributed by atoms with van der Waals surface area (Å²) in [6.07, 6.45) is 2.95. The fourth-order valence-electron chi connectivity index (χ4n) is 2.27. The smallest absolute Gasteiger partial charge is 0.237 e. The predicted molar refractivity (Wildman–Crippen MR) is 77.5 cm³/mol. The van der Waals surface area contributed by atoms with Crippen LogP contribution in [0.15, 0.2) is 0 Å². The highest BCUT2D eigenvalue weighted by Crippen LogP contribution is 2.13. The quantitative estimate of drug-likeness (QED) is 0.627. The van der Waals surface area contributed by atoms with E-state index in [9.17, 15) is 4.79 Å². The summed E-state index contributed by atoms with van der Waals surface area (Å²) < 4.78 is 0. The number of carbonyl (C=O) groups is 1. The van der Waals surface area contributed by atoms with Crippen molar-refractivity contribution in [2.75, 3.05) is 19.6 Å². The summed E-state index contributed by atoms with van der Waals surface area (Å²) in [6.45, 7) is 13.4. The summed E-state index contributed by atoms with van der Waals surface area (Å²) in [4.78, 5) is 13.9. The number of rotatable bonds is 10. The van der Waals surface area contributed by atoms with Gasteiger partial charge in [-0.05, 0) is 52.7 Å². The van der Waals surface area contributed by atoms with E-state index in [1.807, 2.05) is 13.8 Å². The highest BCUT2D eigenvalue weighted by molar-refractivity contribution is 5.84. The first-order chi connectivity index (χ1) is 8.41. The highest BCUT2D eigenvalue weighted by Gasteiger charge is 2.29. The van der Waals surface area contributed by atoms with Crippen LogP contribution in [0.5, 0.6) is 0 Å². The van der Waals surface area contributed by atoms with Gasteiger partial charge in [-0.1, -0.05) is 20.8 Å². The summed E-state index contributed by atoms with van der Waals surface area (Å²) in [5.74, 6) is -0.254. The number of primary amides is 1. The number of nitrogens with one attached hydrogen (secondary N) is 1. The zero-order valence-corrected chi connectivity index (χ0v) is 12.8. The molecule has 18 heavy (non-hydrogen) atoms. The molecule has 0 heterocycles. The van der Waals surface area contributed by atoms with Crippen LogP contribution in [0.1, 0.15) is 53.9 Å². The Morgan fingerprint density at radius 3 is 2.39 bits per heavy atom. The van der Waals surface area contributed by atoms with E-state index < -0.39 is 5.54 Å².